The van der Waals surface area contributed by atoms with E-state index in [0.29, 0.717) is 0 Å². The molecule has 1 aromatic heterocycles. The number of thiophene rings is 1. The van der Waals surface area contributed by atoms with Crippen molar-refractivity contribution in [2.75, 3.05) is 33.2 Å². The third-order valence-corrected chi connectivity index (χ3v) is 4.41. The number of carbonyl (C=O) groups is 1. The topological polar surface area (TPSA) is 44.7 Å². The van der Waals surface area contributed by atoms with Gasteiger partial charge < -0.3 is 14.7 Å². The average Bonchev–Trinajstić information content (AvgIpc) is 2.99. The number of hydrogen-bond acceptors (Lipinski definition) is 5. The fraction of sp³-hybridized carbons (Fsp3) is 0.647. The minimum absolute atomic E-state index is 1.10. The molecule has 6 heteroatoms. The van der Waals surface area contributed by atoms with Crippen LogP contribution in [0, 0.1) is 13.8 Å². The summed E-state index contributed by atoms with van der Waals surface area (Å²) in [5.74, 6) is 0. The quantitative estimate of drug-likeness (QED) is 0.660. The summed E-state index contributed by atoms with van der Waals surface area (Å²) in [5, 5.41) is 5.25. The van der Waals surface area contributed by atoms with Gasteiger partial charge in [-0.25, -0.2) is 0 Å². The first kappa shape index (κ1) is 24.6. The number of piperidine rings is 1. The summed E-state index contributed by atoms with van der Waals surface area (Å²) >= 11 is 1.80. The Kier molecular flexibility index (Phi) is 20.8. The molecule has 0 amide bonds. The minimum atomic E-state index is 1.10. The summed E-state index contributed by atoms with van der Waals surface area (Å²) in [7, 11) is 4.29. The van der Waals surface area contributed by atoms with Crippen LogP contribution in [0.5, 0.6) is 0 Å². The Morgan fingerprint density at radius 3 is 2.22 bits per heavy atom. The van der Waals surface area contributed by atoms with E-state index in [-0.39, 0.29) is 0 Å². The second-order valence-corrected chi connectivity index (χ2v) is 6.63. The van der Waals surface area contributed by atoms with E-state index in [1.165, 1.54) is 49.3 Å². The van der Waals surface area contributed by atoms with Gasteiger partial charge in [-0.1, -0.05) is 15.8 Å². The van der Waals surface area contributed by atoms with Gasteiger partial charge in [0.15, 0.2) is 0 Å². The van der Waals surface area contributed by atoms with Gasteiger partial charge in [-0.15, -0.1) is 11.3 Å². The van der Waals surface area contributed by atoms with Crippen LogP contribution in [0.15, 0.2) is 16.4 Å². The third kappa shape index (κ3) is 17.6. The molecule has 0 spiro atoms. The van der Waals surface area contributed by atoms with Crippen LogP contribution in [-0.2, 0) is 4.79 Å². The number of nitrogens with one attached hydrogen (secondary N) is 1. The largest absolute Gasteiger partial charge is 0.307 e. The van der Waals surface area contributed by atoms with Crippen molar-refractivity contribution < 1.29 is 4.79 Å². The maximum absolute atomic E-state index is 8.00. The number of carbonyl (C=O) groups excluding carboxylic acids is 1. The highest BCUT2D eigenvalue weighted by Crippen LogP contribution is 2.10. The van der Waals surface area contributed by atoms with Crippen LogP contribution in [-0.4, -0.2) is 51.1 Å². The van der Waals surface area contributed by atoms with E-state index < -0.39 is 0 Å². The maximum atomic E-state index is 8.00. The fourth-order valence-corrected chi connectivity index (χ4v) is 2.80. The highest BCUT2D eigenvalue weighted by molar-refractivity contribution is 7.13. The lowest BCUT2D eigenvalue weighted by Crippen LogP contribution is -2.33. The monoisotopic (exact) mass is 359 g/mol. The molecule has 23 heavy (non-hydrogen) atoms. The smallest absolute Gasteiger partial charge is 0.106 e. The molecule has 0 radical (unpaired) electrons. The van der Waals surface area contributed by atoms with Crippen LogP contribution >= 0.6 is 20.7 Å². The number of aliphatic imine (C=N–C) groups is 1. The Balaban J connectivity index is 0. The molecule has 1 fully saturated rings. The molecule has 134 valence electrons. The molecular weight excluding hydrogens is 325 g/mol. The SMILES string of the molecule is C=O.CC=NC.Cc1csc(C)c1.PNCCN1CCCCC1. The molecule has 0 bridgehead atoms. The molecular formula is C17H34N3OPS. The van der Waals surface area contributed by atoms with E-state index in [1.54, 1.807) is 24.6 Å². The zero-order valence-corrected chi connectivity index (χ0v) is 17.1. The van der Waals surface area contributed by atoms with Crippen molar-refractivity contribution in [3.05, 3.63) is 21.9 Å². The van der Waals surface area contributed by atoms with E-state index in [9.17, 15) is 0 Å². The van der Waals surface area contributed by atoms with Gasteiger partial charge in [-0.2, -0.15) is 0 Å². The molecule has 4 nitrogen and oxygen atoms in total. The molecule has 0 aliphatic carbocycles. The van der Waals surface area contributed by atoms with Crippen LogP contribution in [0.1, 0.15) is 36.6 Å². The van der Waals surface area contributed by atoms with Gasteiger partial charge in [0.25, 0.3) is 0 Å². The van der Waals surface area contributed by atoms with Crippen LogP contribution in [0.25, 0.3) is 0 Å². The van der Waals surface area contributed by atoms with Crippen molar-refractivity contribution in [2.45, 2.75) is 40.0 Å². The van der Waals surface area contributed by atoms with Gasteiger partial charge in [0.1, 0.15) is 6.79 Å². The predicted molar refractivity (Wildman–Crippen MR) is 109 cm³/mol. The van der Waals surface area contributed by atoms with E-state index in [2.05, 4.69) is 49.7 Å². The van der Waals surface area contributed by atoms with Gasteiger partial charge in [-0.05, 0) is 69.9 Å². The van der Waals surface area contributed by atoms with E-state index in [1.807, 2.05) is 13.7 Å². The molecule has 0 aromatic carbocycles. The van der Waals surface area contributed by atoms with Crippen molar-refractivity contribution in [3.63, 3.8) is 0 Å². The molecule has 1 unspecified atom stereocenters. The Labute approximate surface area is 149 Å². The molecule has 1 saturated heterocycles. The van der Waals surface area contributed by atoms with E-state index >= 15 is 0 Å². The van der Waals surface area contributed by atoms with Crippen molar-refractivity contribution >= 4 is 33.7 Å². The highest BCUT2D eigenvalue weighted by Gasteiger charge is 2.07. The standard InChI is InChI=1S/C7H17N2P.C6H8S.C3H7N.CH2O/c10-8-4-7-9-5-2-1-3-6-9;1-5-3-6(2)7-4-5;1-3-4-2;1-2/h8H,1-7,10H2;3-4H,1-2H3;3H,1-2H3;1H2. The van der Waals surface area contributed by atoms with Crippen molar-refractivity contribution in [3.8, 4) is 0 Å². The Bertz CT molecular complexity index is 359. The van der Waals surface area contributed by atoms with E-state index in [0.717, 1.165) is 6.54 Å². The van der Waals surface area contributed by atoms with Crippen LogP contribution in [0.3, 0.4) is 0 Å². The lowest BCUT2D eigenvalue weighted by molar-refractivity contribution is -0.0979. The molecule has 2 rings (SSSR count). The second kappa shape index (κ2) is 19.4. The molecule has 1 aliphatic heterocycles. The maximum Gasteiger partial charge on any atom is 0.106 e. The third-order valence-electron chi connectivity index (χ3n) is 3.14. The molecule has 2 heterocycles. The zero-order chi connectivity index (χ0) is 17.9. The van der Waals surface area contributed by atoms with Gasteiger partial charge in [-0.3, -0.25) is 5.09 Å². The first-order valence-electron chi connectivity index (χ1n) is 7.97. The normalized spacial score (nSPS) is 14.0. The predicted octanol–water partition coefficient (Wildman–Crippen LogP) is 3.74. The van der Waals surface area contributed by atoms with Crippen molar-refractivity contribution in [1.29, 1.82) is 0 Å². The fourth-order valence-electron chi connectivity index (χ4n) is 1.98. The summed E-state index contributed by atoms with van der Waals surface area (Å²) in [6.45, 7) is 13.1. The molecule has 1 aliphatic rings. The Hall–Kier alpha value is -0.610. The van der Waals surface area contributed by atoms with Crippen LogP contribution < -0.4 is 5.09 Å². The zero-order valence-electron chi connectivity index (χ0n) is 15.2. The molecule has 0 saturated carbocycles. The van der Waals surface area contributed by atoms with Gasteiger partial charge in [0.05, 0.1) is 0 Å². The molecule has 1 aromatic rings. The summed E-state index contributed by atoms with van der Waals surface area (Å²) in [6.07, 6.45) is 5.98. The van der Waals surface area contributed by atoms with Gasteiger partial charge in [0.2, 0.25) is 0 Å². The lowest BCUT2D eigenvalue weighted by atomic mass is 10.1. The summed E-state index contributed by atoms with van der Waals surface area (Å²) in [5.41, 5.74) is 1.38. The molecule has 1 N–H and O–H groups in total. The second-order valence-electron chi connectivity index (χ2n) is 5.11. The number of nitrogens with zero attached hydrogens (tertiary/aromatic N) is 2. The average molecular weight is 360 g/mol. The van der Waals surface area contributed by atoms with Crippen LogP contribution in [0.4, 0.5) is 0 Å². The Morgan fingerprint density at radius 2 is 1.91 bits per heavy atom. The van der Waals surface area contributed by atoms with Gasteiger partial charge >= 0.3 is 0 Å². The summed E-state index contributed by atoms with van der Waals surface area (Å²) in [4.78, 5) is 15.5. The van der Waals surface area contributed by atoms with E-state index in [4.69, 9.17) is 4.79 Å². The first-order chi connectivity index (χ1) is 11.1. The number of hydrogen-bond donors (Lipinski definition) is 1. The van der Waals surface area contributed by atoms with Crippen molar-refractivity contribution in [1.82, 2.24) is 9.99 Å². The number of likely N-dealkylation sites (tertiary alicyclic amines) is 1. The summed E-state index contributed by atoms with van der Waals surface area (Å²) < 4.78 is 0. The van der Waals surface area contributed by atoms with Crippen LogP contribution in [0.2, 0.25) is 0 Å². The minimum Gasteiger partial charge on any atom is -0.307 e. The molecule has 1 atom stereocenters. The lowest BCUT2D eigenvalue weighted by Gasteiger charge is -2.25. The summed E-state index contributed by atoms with van der Waals surface area (Å²) in [6, 6.07) is 2.19. The number of rotatable bonds is 3. The number of aryl methyl sites for hydroxylation is 2. The first-order valence-corrected chi connectivity index (χ1v) is 9.43. The highest BCUT2D eigenvalue weighted by atomic mass is 32.1. The Morgan fingerprint density at radius 1 is 1.35 bits per heavy atom. The van der Waals surface area contributed by atoms with Crippen molar-refractivity contribution in [2.24, 2.45) is 4.99 Å². The van der Waals surface area contributed by atoms with Gasteiger partial charge in [0, 0.05) is 25.0 Å².